The number of likely N-dealkylation sites (N-methyl/N-ethyl adjacent to an activating group) is 1. The number of guanidine groups is 1. The molecule has 1 N–H and O–H groups in total. The van der Waals surface area contributed by atoms with Crippen LogP contribution in [0.4, 0.5) is 0 Å². The van der Waals surface area contributed by atoms with Crippen molar-refractivity contribution < 1.29 is 4.74 Å². The molecule has 2 heterocycles. The largest absolute Gasteiger partial charge is 0.381 e. The maximum atomic E-state index is 5.55. The van der Waals surface area contributed by atoms with Crippen LogP contribution < -0.4 is 5.32 Å². The van der Waals surface area contributed by atoms with Gasteiger partial charge >= 0.3 is 0 Å². The maximum absolute atomic E-state index is 5.55. The molecule has 3 fully saturated rings. The van der Waals surface area contributed by atoms with Crippen LogP contribution >= 0.6 is 0 Å². The zero-order valence-corrected chi connectivity index (χ0v) is 15.0. The lowest BCUT2D eigenvalue weighted by molar-refractivity contribution is 0.0217. The molecule has 0 unspecified atom stereocenters. The lowest BCUT2D eigenvalue weighted by Crippen LogP contribution is -2.45. The topological polar surface area (TPSA) is 40.1 Å². The zero-order chi connectivity index (χ0) is 16.1. The molecule has 132 valence electrons. The van der Waals surface area contributed by atoms with Crippen LogP contribution in [-0.4, -0.2) is 75.3 Å². The molecule has 0 atom stereocenters. The van der Waals surface area contributed by atoms with Crippen molar-refractivity contribution in [1.29, 1.82) is 0 Å². The SMILES string of the molecule is CN=C(NCCN(C)C1CCCC1)N1CCC2(CCOCC2)C1. The molecule has 3 rings (SSSR count). The molecule has 5 nitrogen and oxygen atoms in total. The van der Waals surface area contributed by atoms with Crippen molar-refractivity contribution in [2.24, 2.45) is 10.4 Å². The molecule has 5 heteroatoms. The van der Waals surface area contributed by atoms with E-state index in [-0.39, 0.29) is 0 Å². The summed E-state index contributed by atoms with van der Waals surface area (Å²) in [5, 5.41) is 3.59. The maximum Gasteiger partial charge on any atom is 0.193 e. The van der Waals surface area contributed by atoms with Gasteiger partial charge in [-0.3, -0.25) is 4.99 Å². The third kappa shape index (κ3) is 4.18. The van der Waals surface area contributed by atoms with Crippen molar-refractivity contribution in [2.75, 3.05) is 53.5 Å². The molecule has 0 radical (unpaired) electrons. The van der Waals surface area contributed by atoms with Crippen molar-refractivity contribution in [1.82, 2.24) is 15.1 Å². The van der Waals surface area contributed by atoms with Crippen LogP contribution in [0.25, 0.3) is 0 Å². The first-order valence-corrected chi connectivity index (χ1v) is 9.46. The Hall–Kier alpha value is -0.810. The van der Waals surface area contributed by atoms with E-state index < -0.39 is 0 Å². The van der Waals surface area contributed by atoms with Gasteiger partial charge in [-0.15, -0.1) is 0 Å². The highest BCUT2D eigenvalue weighted by Gasteiger charge is 2.40. The summed E-state index contributed by atoms with van der Waals surface area (Å²) in [6.07, 6.45) is 9.28. The standard InChI is InChI=1S/C18H34N4O/c1-19-17(20-10-12-21(2)16-5-3-4-6-16)22-11-7-18(15-22)8-13-23-14-9-18/h16H,3-15H2,1-2H3,(H,19,20). The molecule has 0 aromatic carbocycles. The Labute approximate surface area is 141 Å². The number of nitrogens with zero attached hydrogens (tertiary/aromatic N) is 3. The Balaban J connectivity index is 1.43. The van der Waals surface area contributed by atoms with Gasteiger partial charge < -0.3 is 19.9 Å². The molecule has 3 aliphatic rings. The van der Waals surface area contributed by atoms with E-state index in [9.17, 15) is 0 Å². The minimum atomic E-state index is 0.483. The Morgan fingerprint density at radius 1 is 1.26 bits per heavy atom. The van der Waals surface area contributed by atoms with E-state index in [0.717, 1.165) is 51.4 Å². The fourth-order valence-electron chi connectivity index (χ4n) is 4.53. The minimum Gasteiger partial charge on any atom is -0.381 e. The van der Waals surface area contributed by atoms with E-state index in [1.165, 1.54) is 44.9 Å². The first kappa shape index (κ1) is 17.0. The monoisotopic (exact) mass is 322 g/mol. The highest BCUT2D eigenvalue weighted by molar-refractivity contribution is 5.80. The average molecular weight is 322 g/mol. The molecule has 23 heavy (non-hydrogen) atoms. The van der Waals surface area contributed by atoms with E-state index in [4.69, 9.17) is 4.74 Å². The highest BCUT2D eigenvalue weighted by atomic mass is 16.5. The summed E-state index contributed by atoms with van der Waals surface area (Å²) in [5.41, 5.74) is 0.483. The molecule has 2 saturated heterocycles. The van der Waals surface area contributed by atoms with Crippen LogP contribution in [0.5, 0.6) is 0 Å². The van der Waals surface area contributed by atoms with Gasteiger partial charge in [0, 0.05) is 52.5 Å². The van der Waals surface area contributed by atoms with Crippen LogP contribution in [0.3, 0.4) is 0 Å². The predicted octanol–water partition coefficient (Wildman–Crippen LogP) is 1.94. The third-order valence-corrected chi connectivity index (χ3v) is 6.20. The predicted molar refractivity (Wildman–Crippen MR) is 94.9 cm³/mol. The second-order valence-corrected chi connectivity index (χ2v) is 7.68. The van der Waals surface area contributed by atoms with E-state index in [0.29, 0.717) is 5.41 Å². The van der Waals surface area contributed by atoms with Gasteiger partial charge in [0.15, 0.2) is 5.96 Å². The summed E-state index contributed by atoms with van der Waals surface area (Å²) in [5.74, 6) is 1.09. The third-order valence-electron chi connectivity index (χ3n) is 6.20. The van der Waals surface area contributed by atoms with Crippen molar-refractivity contribution in [3.05, 3.63) is 0 Å². The van der Waals surface area contributed by atoms with Crippen molar-refractivity contribution in [3.63, 3.8) is 0 Å². The lowest BCUT2D eigenvalue weighted by atomic mass is 9.80. The Morgan fingerprint density at radius 2 is 2.00 bits per heavy atom. The lowest BCUT2D eigenvalue weighted by Gasteiger charge is -2.33. The Bertz CT molecular complexity index is 400. The van der Waals surface area contributed by atoms with Gasteiger partial charge in [-0.1, -0.05) is 12.8 Å². The molecular formula is C18H34N4O. The summed E-state index contributed by atoms with van der Waals surface area (Å²) >= 11 is 0. The van der Waals surface area contributed by atoms with Gasteiger partial charge in [0.2, 0.25) is 0 Å². The molecule has 2 aliphatic heterocycles. The van der Waals surface area contributed by atoms with Crippen LogP contribution in [0.15, 0.2) is 4.99 Å². The summed E-state index contributed by atoms with van der Waals surface area (Å²) in [6, 6.07) is 0.802. The quantitative estimate of drug-likeness (QED) is 0.634. The van der Waals surface area contributed by atoms with Gasteiger partial charge in [-0.25, -0.2) is 0 Å². The van der Waals surface area contributed by atoms with Crippen LogP contribution in [0.1, 0.15) is 44.9 Å². The number of hydrogen-bond donors (Lipinski definition) is 1. The summed E-state index contributed by atoms with van der Waals surface area (Å²) in [6.45, 7) is 6.26. The summed E-state index contributed by atoms with van der Waals surface area (Å²) < 4.78 is 5.55. The zero-order valence-electron chi connectivity index (χ0n) is 15.0. The Morgan fingerprint density at radius 3 is 2.70 bits per heavy atom. The molecule has 0 aromatic rings. The summed E-state index contributed by atoms with van der Waals surface area (Å²) in [4.78, 5) is 9.51. The molecule has 1 saturated carbocycles. The normalized spacial score (nSPS) is 25.7. The molecule has 0 bridgehead atoms. The molecule has 1 spiro atoms. The molecular weight excluding hydrogens is 288 g/mol. The van der Waals surface area contributed by atoms with Crippen LogP contribution in [0, 0.1) is 5.41 Å². The first-order valence-electron chi connectivity index (χ1n) is 9.46. The minimum absolute atomic E-state index is 0.483. The molecule has 0 amide bonds. The van der Waals surface area contributed by atoms with Crippen LogP contribution in [0.2, 0.25) is 0 Å². The van der Waals surface area contributed by atoms with Crippen molar-refractivity contribution >= 4 is 5.96 Å². The average Bonchev–Trinajstić information content (AvgIpc) is 3.23. The molecule has 1 aliphatic carbocycles. The van der Waals surface area contributed by atoms with Gasteiger partial charge in [-0.05, 0) is 44.6 Å². The van der Waals surface area contributed by atoms with Crippen molar-refractivity contribution in [2.45, 2.75) is 51.0 Å². The van der Waals surface area contributed by atoms with E-state index in [1.807, 2.05) is 7.05 Å². The fourth-order valence-corrected chi connectivity index (χ4v) is 4.53. The van der Waals surface area contributed by atoms with Crippen LogP contribution in [-0.2, 0) is 4.74 Å². The van der Waals surface area contributed by atoms with Gasteiger partial charge in [0.05, 0.1) is 0 Å². The highest BCUT2D eigenvalue weighted by Crippen LogP contribution is 2.39. The Kier molecular flexibility index (Phi) is 5.81. The smallest absolute Gasteiger partial charge is 0.193 e. The van der Waals surface area contributed by atoms with E-state index >= 15 is 0 Å². The van der Waals surface area contributed by atoms with Gasteiger partial charge in [-0.2, -0.15) is 0 Å². The van der Waals surface area contributed by atoms with Gasteiger partial charge in [0.25, 0.3) is 0 Å². The number of rotatable bonds is 4. The number of hydrogen-bond acceptors (Lipinski definition) is 3. The van der Waals surface area contributed by atoms with Crippen molar-refractivity contribution in [3.8, 4) is 0 Å². The van der Waals surface area contributed by atoms with Gasteiger partial charge in [0.1, 0.15) is 0 Å². The number of nitrogens with one attached hydrogen (secondary N) is 1. The number of ether oxygens (including phenoxy) is 1. The fraction of sp³-hybridized carbons (Fsp3) is 0.944. The summed E-state index contributed by atoms with van der Waals surface area (Å²) in [7, 11) is 4.19. The molecule has 0 aromatic heterocycles. The second kappa shape index (κ2) is 7.84. The van der Waals surface area contributed by atoms with E-state index in [2.05, 4.69) is 27.2 Å². The number of aliphatic imine (C=N–C) groups is 1. The first-order chi connectivity index (χ1) is 11.2. The second-order valence-electron chi connectivity index (χ2n) is 7.68. The van der Waals surface area contributed by atoms with E-state index in [1.54, 1.807) is 0 Å². The number of likely N-dealkylation sites (tertiary alicyclic amines) is 1.